The molecule has 0 aliphatic carbocycles. The van der Waals surface area contributed by atoms with E-state index in [1.54, 1.807) is 0 Å². The summed E-state index contributed by atoms with van der Waals surface area (Å²) >= 11 is 5.68. The zero-order valence-electron chi connectivity index (χ0n) is 12.3. The average molecular weight is 348 g/mol. The first-order valence-electron chi connectivity index (χ1n) is 6.53. The monoisotopic (exact) mass is 347 g/mol. The number of halogens is 1. The Kier molecular flexibility index (Phi) is 5.96. The fourth-order valence-electron chi connectivity index (χ4n) is 1.57. The van der Waals surface area contributed by atoms with E-state index >= 15 is 0 Å². The Bertz CT molecular complexity index is 652. The molecular formula is C14H18ClNO5S. The van der Waals surface area contributed by atoms with E-state index in [4.69, 9.17) is 16.7 Å². The maximum atomic E-state index is 12.0. The number of carbonyl (C=O) groups excluding carboxylic acids is 1. The largest absolute Gasteiger partial charge is 0.481 e. The number of hydrogen-bond donors (Lipinski definition) is 2. The SMILES string of the molecule is CC(C)(CCNC(=O)CS(=O)(=O)c1ccc(Cl)cc1)C(=O)O. The van der Waals surface area contributed by atoms with Gasteiger partial charge >= 0.3 is 5.97 Å². The van der Waals surface area contributed by atoms with Crippen molar-refractivity contribution in [1.82, 2.24) is 5.32 Å². The standard InChI is InChI=1S/C14H18ClNO5S/c1-14(2,13(18)19)7-8-16-12(17)9-22(20,21)11-5-3-10(15)4-6-11/h3-6H,7-9H2,1-2H3,(H,16,17)(H,18,19). The minimum absolute atomic E-state index is 0.0120. The number of aliphatic carboxylic acids is 1. The normalized spacial score (nSPS) is 12.0. The van der Waals surface area contributed by atoms with Crippen molar-refractivity contribution < 1.29 is 23.1 Å². The molecule has 0 bridgehead atoms. The molecule has 1 amide bonds. The van der Waals surface area contributed by atoms with Crippen molar-refractivity contribution >= 4 is 33.3 Å². The summed E-state index contributed by atoms with van der Waals surface area (Å²) in [4.78, 5) is 22.6. The summed E-state index contributed by atoms with van der Waals surface area (Å²) in [5.74, 6) is -2.34. The molecule has 8 heteroatoms. The van der Waals surface area contributed by atoms with Gasteiger partial charge in [0, 0.05) is 11.6 Å². The maximum absolute atomic E-state index is 12.0. The highest BCUT2D eigenvalue weighted by Gasteiger charge is 2.27. The second-order valence-electron chi connectivity index (χ2n) is 5.50. The van der Waals surface area contributed by atoms with Crippen molar-refractivity contribution in [2.75, 3.05) is 12.3 Å². The summed E-state index contributed by atoms with van der Waals surface area (Å²) in [5, 5.41) is 11.8. The van der Waals surface area contributed by atoms with Crippen LogP contribution in [0.15, 0.2) is 29.2 Å². The van der Waals surface area contributed by atoms with Crippen molar-refractivity contribution in [3.63, 3.8) is 0 Å². The van der Waals surface area contributed by atoms with Crippen LogP contribution >= 0.6 is 11.6 Å². The lowest BCUT2D eigenvalue weighted by molar-refractivity contribution is -0.147. The van der Waals surface area contributed by atoms with Crippen molar-refractivity contribution in [3.8, 4) is 0 Å². The molecule has 0 unspecified atom stereocenters. The van der Waals surface area contributed by atoms with Crippen molar-refractivity contribution in [2.45, 2.75) is 25.2 Å². The predicted octanol–water partition coefficient (Wildman–Crippen LogP) is 1.73. The number of carboxylic acids is 1. The third-order valence-electron chi connectivity index (χ3n) is 3.14. The molecule has 0 heterocycles. The number of rotatable bonds is 7. The van der Waals surface area contributed by atoms with Crippen LogP contribution in [0.25, 0.3) is 0 Å². The van der Waals surface area contributed by atoms with Gasteiger partial charge in [-0.05, 0) is 44.5 Å². The van der Waals surface area contributed by atoms with E-state index < -0.39 is 32.9 Å². The molecule has 22 heavy (non-hydrogen) atoms. The number of carbonyl (C=O) groups is 2. The lowest BCUT2D eigenvalue weighted by Crippen LogP contribution is -2.35. The van der Waals surface area contributed by atoms with E-state index in [-0.39, 0.29) is 17.9 Å². The van der Waals surface area contributed by atoms with Gasteiger partial charge in [-0.1, -0.05) is 11.6 Å². The van der Waals surface area contributed by atoms with E-state index in [1.807, 2.05) is 0 Å². The average Bonchev–Trinajstić information content (AvgIpc) is 2.38. The summed E-state index contributed by atoms with van der Waals surface area (Å²) in [7, 11) is -3.75. The minimum Gasteiger partial charge on any atom is -0.481 e. The summed E-state index contributed by atoms with van der Waals surface area (Å²) in [6, 6.07) is 5.53. The molecule has 0 saturated carbocycles. The topological polar surface area (TPSA) is 101 Å². The van der Waals surface area contributed by atoms with Crippen LogP contribution in [0.3, 0.4) is 0 Å². The number of sulfone groups is 1. The lowest BCUT2D eigenvalue weighted by atomic mass is 9.90. The first-order chi connectivity index (χ1) is 10.0. The third kappa shape index (κ3) is 5.31. The van der Waals surface area contributed by atoms with Crippen LogP contribution in [-0.4, -0.2) is 37.7 Å². The van der Waals surface area contributed by atoms with E-state index in [0.717, 1.165) is 0 Å². The van der Waals surface area contributed by atoms with E-state index in [9.17, 15) is 18.0 Å². The molecule has 2 N–H and O–H groups in total. The zero-order chi connectivity index (χ0) is 17.0. The Morgan fingerprint density at radius 3 is 2.27 bits per heavy atom. The molecule has 6 nitrogen and oxygen atoms in total. The van der Waals surface area contributed by atoms with Crippen LogP contribution in [0, 0.1) is 5.41 Å². The highest BCUT2D eigenvalue weighted by atomic mass is 35.5. The van der Waals surface area contributed by atoms with Gasteiger partial charge in [0.15, 0.2) is 9.84 Å². The van der Waals surface area contributed by atoms with Gasteiger partial charge in [-0.25, -0.2) is 8.42 Å². The Labute approximate surface area is 134 Å². The number of carboxylic acid groups (broad SMARTS) is 1. The van der Waals surface area contributed by atoms with Crippen LogP contribution in [0.1, 0.15) is 20.3 Å². The van der Waals surface area contributed by atoms with Gasteiger partial charge in [0.2, 0.25) is 5.91 Å². The van der Waals surface area contributed by atoms with E-state index in [1.165, 1.54) is 38.1 Å². The molecule has 0 aliphatic heterocycles. The minimum atomic E-state index is -3.75. The molecule has 0 spiro atoms. The maximum Gasteiger partial charge on any atom is 0.309 e. The number of amides is 1. The molecule has 0 saturated heterocycles. The first-order valence-corrected chi connectivity index (χ1v) is 8.56. The highest BCUT2D eigenvalue weighted by molar-refractivity contribution is 7.92. The molecule has 0 radical (unpaired) electrons. The fraction of sp³-hybridized carbons (Fsp3) is 0.429. The van der Waals surface area contributed by atoms with Crippen molar-refractivity contribution in [1.29, 1.82) is 0 Å². The molecule has 0 fully saturated rings. The Balaban J connectivity index is 2.58. The van der Waals surface area contributed by atoms with Crippen LogP contribution in [-0.2, 0) is 19.4 Å². The molecule has 122 valence electrons. The van der Waals surface area contributed by atoms with Crippen molar-refractivity contribution in [2.24, 2.45) is 5.41 Å². The van der Waals surface area contributed by atoms with Crippen LogP contribution in [0.4, 0.5) is 0 Å². The fourth-order valence-corrected chi connectivity index (χ4v) is 2.86. The van der Waals surface area contributed by atoms with Gasteiger partial charge in [0.1, 0.15) is 5.75 Å². The molecular weight excluding hydrogens is 330 g/mol. The van der Waals surface area contributed by atoms with Gasteiger partial charge in [-0.2, -0.15) is 0 Å². The Morgan fingerprint density at radius 2 is 1.77 bits per heavy atom. The van der Waals surface area contributed by atoms with Gasteiger partial charge in [0.25, 0.3) is 0 Å². The van der Waals surface area contributed by atoms with Crippen LogP contribution in [0.2, 0.25) is 5.02 Å². The smallest absolute Gasteiger partial charge is 0.309 e. The number of nitrogens with one attached hydrogen (secondary N) is 1. The second kappa shape index (κ2) is 7.11. The summed E-state index contributed by atoms with van der Waals surface area (Å²) in [5.41, 5.74) is -0.984. The summed E-state index contributed by atoms with van der Waals surface area (Å²) in [6.07, 6.45) is 0.203. The second-order valence-corrected chi connectivity index (χ2v) is 7.93. The third-order valence-corrected chi connectivity index (χ3v) is 5.03. The number of benzene rings is 1. The Hall–Kier alpha value is -1.60. The Morgan fingerprint density at radius 1 is 1.23 bits per heavy atom. The van der Waals surface area contributed by atoms with Crippen LogP contribution < -0.4 is 5.32 Å². The lowest BCUT2D eigenvalue weighted by Gasteiger charge is -2.18. The molecule has 0 atom stereocenters. The summed E-state index contributed by atoms with van der Waals surface area (Å²) < 4.78 is 24.0. The zero-order valence-corrected chi connectivity index (χ0v) is 13.9. The van der Waals surface area contributed by atoms with Gasteiger partial charge in [-0.15, -0.1) is 0 Å². The highest BCUT2D eigenvalue weighted by Crippen LogP contribution is 2.19. The van der Waals surface area contributed by atoms with Crippen molar-refractivity contribution in [3.05, 3.63) is 29.3 Å². The van der Waals surface area contributed by atoms with Gasteiger partial charge < -0.3 is 10.4 Å². The first kappa shape index (κ1) is 18.4. The van der Waals surface area contributed by atoms with Gasteiger partial charge in [-0.3, -0.25) is 9.59 Å². The summed E-state index contributed by atoms with van der Waals surface area (Å²) in [6.45, 7) is 3.16. The van der Waals surface area contributed by atoms with Gasteiger partial charge in [0.05, 0.1) is 10.3 Å². The number of hydrogen-bond acceptors (Lipinski definition) is 4. The molecule has 1 aromatic carbocycles. The molecule has 0 aromatic heterocycles. The quantitative estimate of drug-likeness (QED) is 0.782. The van der Waals surface area contributed by atoms with E-state index in [0.29, 0.717) is 5.02 Å². The molecule has 0 aliphatic rings. The van der Waals surface area contributed by atoms with E-state index in [2.05, 4.69) is 5.32 Å². The molecule has 1 aromatic rings. The molecule has 1 rings (SSSR count). The van der Waals surface area contributed by atoms with Crippen LogP contribution in [0.5, 0.6) is 0 Å². The predicted molar refractivity (Wildman–Crippen MR) is 82.5 cm³/mol.